The molecule has 0 saturated heterocycles. The Morgan fingerprint density at radius 2 is 2.41 bits per heavy atom. The zero-order valence-corrected chi connectivity index (χ0v) is 9.90. The molecule has 0 fully saturated rings. The molecule has 0 bridgehead atoms. The molecule has 3 nitrogen and oxygen atoms in total. The molecule has 0 radical (unpaired) electrons. The minimum atomic E-state index is -0.317. The normalized spacial score (nSPS) is 14.9. The predicted octanol–water partition coefficient (Wildman–Crippen LogP) is 1.47. The molecule has 2 rings (SSSR count). The van der Waals surface area contributed by atoms with Gasteiger partial charge in [0.05, 0.1) is 12.6 Å². The van der Waals surface area contributed by atoms with Crippen molar-refractivity contribution in [2.45, 2.75) is 12.5 Å². The van der Waals surface area contributed by atoms with Gasteiger partial charge in [-0.05, 0) is 23.6 Å². The Balaban J connectivity index is 2.23. The molecule has 0 saturated carbocycles. The SMILES string of the molecule is C#CCNC(C#N)c1ccc2c(c1)CCN2C. The van der Waals surface area contributed by atoms with Crippen LogP contribution in [0.1, 0.15) is 17.2 Å². The van der Waals surface area contributed by atoms with Gasteiger partial charge in [0.1, 0.15) is 6.04 Å². The lowest BCUT2D eigenvalue weighted by atomic mass is 10.0. The number of terminal acetylenes is 1. The van der Waals surface area contributed by atoms with Crippen LogP contribution in [0.2, 0.25) is 0 Å². The molecule has 1 aliphatic heterocycles. The van der Waals surface area contributed by atoms with E-state index in [1.54, 1.807) is 0 Å². The lowest BCUT2D eigenvalue weighted by Crippen LogP contribution is -2.20. The summed E-state index contributed by atoms with van der Waals surface area (Å²) in [5.41, 5.74) is 3.58. The highest BCUT2D eigenvalue weighted by Gasteiger charge is 2.18. The smallest absolute Gasteiger partial charge is 0.122 e. The van der Waals surface area contributed by atoms with Crippen molar-refractivity contribution < 1.29 is 0 Å². The van der Waals surface area contributed by atoms with Crippen LogP contribution in [0.25, 0.3) is 0 Å². The number of hydrogen-bond donors (Lipinski definition) is 1. The lowest BCUT2D eigenvalue weighted by molar-refractivity contribution is 0.690. The van der Waals surface area contributed by atoms with Gasteiger partial charge in [0.2, 0.25) is 0 Å². The number of anilines is 1. The third-order valence-electron chi connectivity index (χ3n) is 3.10. The summed E-state index contributed by atoms with van der Waals surface area (Å²) >= 11 is 0. The molecule has 1 atom stereocenters. The number of nitrogens with one attached hydrogen (secondary N) is 1. The zero-order valence-electron chi connectivity index (χ0n) is 9.90. The summed E-state index contributed by atoms with van der Waals surface area (Å²) in [6, 6.07) is 8.11. The van der Waals surface area contributed by atoms with Crippen LogP contribution in [-0.2, 0) is 6.42 Å². The minimum Gasteiger partial charge on any atom is -0.374 e. The van der Waals surface area contributed by atoms with Crippen LogP contribution in [0.15, 0.2) is 18.2 Å². The second-order valence-electron chi connectivity index (χ2n) is 4.21. The van der Waals surface area contributed by atoms with Crippen LogP contribution in [0.3, 0.4) is 0 Å². The van der Waals surface area contributed by atoms with Gasteiger partial charge in [0, 0.05) is 19.3 Å². The molecular formula is C14H15N3. The third kappa shape index (κ3) is 2.25. The van der Waals surface area contributed by atoms with Gasteiger partial charge >= 0.3 is 0 Å². The van der Waals surface area contributed by atoms with Crippen molar-refractivity contribution in [3.8, 4) is 18.4 Å². The molecule has 1 aromatic carbocycles. The minimum absolute atomic E-state index is 0.317. The molecule has 0 aromatic heterocycles. The van der Waals surface area contributed by atoms with Gasteiger partial charge < -0.3 is 4.90 Å². The number of fused-ring (bicyclic) bond motifs is 1. The Morgan fingerprint density at radius 3 is 3.12 bits per heavy atom. The first-order chi connectivity index (χ1) is 8.26. The summed E-state index contributed by atoms with van der Waals surface area (Å²) in [6.45, 7) is 1.46. The quantitative estimate of drug-likeness (QED) is 0.792. The van der Waals surface area contributed by atoms with E-state index < -0.39 is 0 Å². The lowest BCUT2D eigenvalue weighted by Gasteiger charge is -2.14. The van der Waals surface area contributed by atoms with E-state index in [0.717, 1.165) is 18.5 Å². The van der Waals surface area contributed by atoms with Gasteiger partial charge in [-0.15, -0.1) is 6.42 Å². The Hall–Kier alpha value is -1.97. The highest BCUT2D eigenvalue weighted by molar-refractivity contribution is 5.59. The summed E-state index contributed by atoms with van der Waals surface area (Å²) in [5.74, 6) is 2.49. The number of nitrogens with zero attached hydrogens (tertiary/aromatic N) is 2. The molecule has 0 spiro atoms. The fraction of sp³-hybridized carbons (Fsp3) is 0.357. The first-order valence-corrected chi connectivity index (χ1v) is 5.66. The highest BCUT2D eigenvalue weighted by Crippen LogP contribution is 2.29. The van der Waals surface area contributed by atoms with Crippen LogP contribution in [-0.4, -0.2) is 20.1 Å². The molecule has 0 aliphatic carbocycles. The monoisotopic (exact) mass is 225 g/mol. The predicted molar refractivity (Wildman–Crippen MR) is 68.6 cm³/mol. The molecule has 1 heterocycles. The highest BCUT2D eigenvalue weighted by atomic mass is 15.1. The molecule has 86 valence electrons. The van der Waals surface area contributed by atoms with Crippen molar-refractivity contribution in [1.29, 1.82) is 5.26 Å². The van der Waals surface area contributed by atoms with E-state index in [1.807, 2.05) is 6.07 Å². The van der Waals surface area contributed by atoms with E-state index in [2.05, 4.69) is 41.4 Å². The van der Waals surface area contributed by atoms with Gasteiger partial charge in [-0.2, -0.15) is 5.26 Å². The maximum Gasteiger partial charge on any atom is 0.122 e. The maximum absolute atomic E-state index is 9.12. The van der Waals surface area contributed by atoms with Gasteiger partial charge in [0.15, 0.2) is 0 Å². The first-order valence-electron chi connectivity index (χ1n) is 5.66. The number of nitriles is 1. The van der Waals surface area contributed by atoms with E-state index >= 15 is 0 Å². The average Bonchev–Trinajstić information content (AvgIpc) is 2.72. The third-order valence-corrected chi connectivity index (χ3v) is 3.10. The number of likely N-dealkylation sites (N-methyl/N-ethyl adjacent to an activating group) is 1. The molecule has 1 unspecified atom stereocenters. The fourth-order valence-corrected chi connectivity index (χ4v) is 2.17. The average molecular weight is 225 g/mol. The summed E-state index contributed by atoms with van der Waals surface area (Å²) in [4.78, 5) is 2.23. The van der Waals surface area contributed by atoms with Crippen LogP contribution in [0.5, 0.6) is 0 Å². The second kappa shape index (κ2) is 4.91. The van der Waals surface area contributed by atoms with Crippen LogP contribution in [0, 0.1) is 23.7 Å². The topological polar surface area (TPSA) is 39.1 Å². The Kier molecular flexibility index (Phi) is 3.32. The van der Waals surface area contributed by atoms with Gasteiger partial charge in [-0.1, -0.05) is 18.1 Å². The maximum atomic E-state index is 9.12. The standard InChI is InChI=1S/C14H15N3/c1-3-7-16-13(10-15)11-4-5-14-12(9-11)6-8-17(14)2/h1,4-5,9,13,16H,6-8H2,2H3. The van der Waals surface area contributed by atoms with Crippen molar-refractivity contribution in [1.82, 2.24) is 5.32 Å². The van der Waals surface area contributed by atoms with E-state index in [4.69, 9.17) is 11.7 Å². The van der Waals surface area contributed by atoms with Crippen molar-refractivity contribution in [3.63, 3.8) is 0 Å². The van der Waals surface area contributed by atoms with E-state index in [9.17, 15) is 0 Å². The number of rotatable bonds is 3. The van der Waals surface area contributed by atoms with E-state index in [1.165, 1.54) is 11.3 Å². The van der Waals surface area contributed by atoms with Crippen molar-refractivity contribution in [2.75, 3.05) is 25.0 Å². The first kappa shape index (κ1) is 11.5. The van der Waals surface area contributed by atoms with Gasteiger partial charge in [-0.25, -0.2) is 0 Å². The summed E-state index contributed by atoms with van der Waals surface area (Å²) in [5, 5.41) is 12.1. The number of hydrogen-bond acceptors (Lipinski definition) is 3. The van der Waals surface area contributed by atoms with Gasteiger partial charge in [-0.3, -0.25) is 5.32 Å². The van der Waals surface area contributed by atoms with Crippen molar-refractivity contribution in [3.05, 3.63) is 29.3 Å². The second-order valence-corrected chi connectivity index (χ2v) is 4.21. The molecule has 1 aromatic rings. The van der Waals surface area contributed by atoms with Crippen molar-refractivity contribution >= 4 is 5.69 Å². The van der Waals surface area contributed by atoms with E-state index in [0.29, 0.717) is 6.54 Å². The molecule has 1 aliphatic rings. The largest absolute Gasteiger partial charge is 0.374 e. The molecule has 1 N–H and O–H groups in total. The molecule has 0 amide bonds. The summed E-state index contributed by atoms with van der Waals surface area (Å²) in [7, 11) is 2.09. The fourth-order valence-electron chi connectivity index (χ4n) is 2.17. The van der Waals surface area contributed by atoms with Crippen molar-refractivity contribution in [2.24, 2.45) is 0 Å². The molecule has 17 heavy (non-hydrogen) atoms. The van der Waals surface area contributed by atoms with E-state index in [-0.39, 0.29) is 6.04 Å². The Labute approximate surface area is 102 Å². The molecule has 3 heteroatoms. The van der Waals surface area contributed by atoms with Crippen LogP contribution >= 0.6 is 0 Å². The number of benzene rings is 1. The zero-order chi connectivity index (χ0) is 12.3. The Bertz CT molecular complexity index is 493. The Morgan fingerprint density at radius 1 is 1.59 bits per heavy atom. The summed E-state index contributed by atoms with van der Waals surface area (Å²) < 4.78 is 0. The summed E-state index contributed by atoms with van der Waals surface area (Å²) in [6.07, 6.45) is 6.24. The van der Waals surface area contributed by atoms with Crippen LogP contribution < -0.4 is 10.2 Å². The molecular weight excluding hydrogens is 210 g/mol. The van der Waals surface area contributed by atoms with Crippen LogP contribution in [0.4, 0.5) is 5.69 Å². The van der Waals surface area contributed by atoms with Gasteiger partial charge in [0.25, 0.3) is 0 Å².